The van der Waals surface area contributed by atoms with Gasteiger partial charge < -0.3 is 14.8 Å². The van der Waals surface area contributed by atoms with Crippen molar-refractivity contribution in [3.05, 3.63) is 41.4 Å². The maximum absolute atomic E-state index is 5.98. The molecule has 0 spiro atoms. The van der Waals surface area contributed by atoms with Crippen LogP contribution in [0.25, 0.3) is 10.2 Å². The van der Waals surface area contributed by atoms with Crippen molar-refractivity contribution in [3.8, 4) is 11.5 Å². The lowest BCUT2D eigenvalue weighted by molar-refractivity contribution is 0.171. The van der Waals surface area contributed by atoms with Crippen molar-refractivity contribution in [2.75, 3.05) is 18.5 Å². The van der Waals surface area contributed by atoms with Gasteiger partial charge in [0.2, 0.25) is 0 Å². The van der Waals surface area contributed by atoms with E-state index in [-0.39, 0.29) is 0 Å². The summed E-state index contributed by atoms with van der Waals surface area (Å²) in [5.41, 5.74) is 1.82. The second-order valence-corrected chi connectivity index (χ2v) is 6.08. The molecule has 0 saturated carbocycles. The van der Waals surface area contributed by atoms with E-state index in [4.69, 9.17) is 21.1 Å². The van der Waals surface area contributed by atoms with Crippen LogP contribution in [0.2, 0.25) is 5.02 Å². The predicted octanol–water partition coefficient (Wildman–Crippen LogP) is 4.46. The van der Waals surface area contributed by atoms with Crippen molar-refractivity contribution >= 4 is 44.0 Å². The van der Waals surface area contributed by atoms with Gasteiger partial charge in [0.15, 0.2) is 16.6 Å². The molecule has 0 aliphatic carbocycles. The van der Waals surface area contributed by atoms with Gasteiger partial charge in [-0.15, -0.1) is 0 Å². The molecule has 2 aromatic carbocycles. The SMILES string of the molecule is Clc1ccc2sc(Nc3ccc4c(c3)OCCO4)nc2c1. The smallest absolute Gasteiger partial charge is 0.188 e. The summed E-state index contributed by atoms with van der Waals surface area (Å²) in [5, 5.41) is 4.81. The fourth-order valence-corrected chi connectivity index (χ4v) is 3.23. The number of hydrogen-bond donors (Lipinski definition) is 1. The normalized spacial score (nSPS) is 13.4. The van der Waals surface area contributed by atoms with Gasteiger partial charge in [-0.3, -0.25) is 0 Å². The Bertz CT molecular complexity index is 819. The number of halogens is 1. The maximum Gasteiger partial charge on any atom is 0.188 e. The standard InChI is InChI=1S/C15H11ClN2O2S/c16-9-1-4-14-11(7-9)18-15(21-14)17-10-2-3-12-13(8-10)20-6-5-19-12/h1-4,7-8H,5-6H2,(H,17,18). The van der Waals surface area contributed by atoms with Crippen LogP contribution in [-0.4, -0.2) is 18.2 Å². The van der Waals surface area contributed by atoms with E-state index in [1.165, 1.54) is 0 Å². The Morgan fingerprint density at radius 2 is 1.90 bits per heavy atom. The van der Waals surface area contributed by atoms with Crippen molar-refractivity contribution in [1.82, 2.24) is 4.98 Å². The Morgan fingerprint density at radius 1 is 1.05 bits per heavy atom. The maximum atomic E-state index is 5.98. The van der Waals surface area contributed by atoms with Crippen molar-refractivity contribution in [1.29, 1.82) is 0 Å². The molecule has 6 heteroatoms. The molecule has 0 atom stereocenters. The highest BCUT2D eigenvalue weighted by molar-refractivity contribution is 7.22. The molecule has 1 N–H and O–H groups in total. The molecule has 0 amide bonds. The number of fused-ring (bicyclic) bond motifs is 2. The lowest BCUT2D eigenvalue weighted by atomic mass is 10.2. The highest BCUT2D eigenvalue weighted by atomic mass is 35.5. The molecule has 0 bridgehead atoms. The average molecular weight is 319 g/mol. The zero-order valence-corrected chi connectivity index (χ0v) is 12.5. The Hall–Kier alpha value is -1.98. The molecule has 4 rings (SSSR count). The number of anilines is 2. The molecule has 21 heavy (non-hydrogen) atoms. The Morgan fingerprint density at radius 3 is 2.81 bits per heavy atom. The predicted molar refractivity (Wildman–Crippen MR) is 85.3 cm³/mol. The summed E-state index contributed by atoms with van der Waals surface area (Å²) in [5.74, 6) is 1.54. The number of hydrogen-bond acceptors (Lipinski definition) is 5. The van der Waals surface area contributed by atoms with Crippen LogP contribution in [0.4, 0.5) is 10.8 Å². The summed E-state index contributed by atoms with van der Waals surface area (Å²) in [6.45, 7) is 1.18. The molecule has 0 saturated heterocycles. The Balaban J connectivity index is 1.64. The third kappa shape index (κ3) is 2.50. The average Bonchev–Trinajstić information content (AvgIpc) is 2.88. The minimum atomic E-state index is 0.579. The largest absolute Gasteiger partial charge is 0.486 e. The number of ether oxygens (including phenoxy) is 2. The first-order chi connectivity index (χ1) is 10.3. The number of nitrogens with zero attached hydrogens (tertiary/aromatic N) is 1. The van der Waals surface area contributed by atoms with Crippen LogP contribution in [-0.2, 0) is 0 Å². The number of benzene rings is 2. The number of thiazole rings is 1. The van der Waals surface area contributed by atoms with E-state index in [0.717, 1.165) is 32.5 Å². The summed E-state index contributed by atoms with van der Waals surface area (Å²) >= 11 is 7.57. The van der Waals surface area contributed by atoms with Gasteiger partial charge in [0, 0.05) is 16.8 Å². The third-order valence-electron chi connectivity index (χ3n) is 3.14. The molecule has 4 nitrogen and oxygen atoms in total. The van der Waals surface area contributed by atoms with Crippen molar-refractivity contribution in [3.63, 3.8) is 0 Å². The van der Waals surface area contributed by atoms with Crippen LogP contribution in [0.3, 0.4) is 0 Å². The lowest BCUT2D eigenvalue weighted by Crippen LogP contribution is -2.15. The summed E-state index contributed by atoms with van der Waals surface area (Å²) in [6, 6.07) is 11.5. The summed E-state index contributed by atoms with van der Waals surface area (Å²) in [4.78, 5) is 4.53. The molecule has 0 unspecified atom stereocenters. The van der Waals surface area contributed by atoms with Crippen molar-refractivity contribution in [2.45, 2.75) is 0 Å². The number of nitrogens with one attached hydrogen (secondary N) is 1. The zero-order chi connectivity index (χ0) is 14.2. The zero-order valence-electron chi connectivity index (χ0n) is 10.9. The van der Waals surface area contributed by atoms with Gasteiger partial charge in [0.25, 0.3) is 0 Å². The first kappa shape index (κ1) is 12.7. The van der Waals surface area contributed by atoms with Gasteiger partial charge in [-0.1, -0.05) is 22.9 Å². The van der Waals surface area contributed by atoms with E-state index in [0.29, 0.717) is 18.2 Å². The van der Waals surface area contributed by atoms with Gasteiger partial charge in [-0.2, -0.15) is 0 Å². The Labute approximate surface area is 130 Å². The van der Waals surface area contributed by atoms with Crippen LogP contribution in [0.15, 0.2) is 36.4 Å². The lowest BCUT2D eigenvalue weighted by Gasteiger charge is -2.18. The first-order valence-corrected chi connectivity index (χ1v) is 7.70. The van der Waals surface area contributed by atoms with E-state index in [1.54, 1.807) is 11.3 Å². The molecule has 106 valence electrons. The number of aromatic nitrogens is 1. The first-order valence-electron chi connectivity index (χ1n) is 6.51. The molecular formula is C15H11ClN2O2S. The molecule has 0 radical (unpaired) electrons. The van der Waals surface area contributed by atoms with Gasteiger partial charge in [-0.05, 0) is 30.3 Å². The second-order valence-electron chi connectivity index (χ2n) is 4.61. The van der Waals surface area contributed by atoms with E-state index in [9.17, 15) is 0 Å². The quantitative estimate of drug-likeness (QED) is 0.757. The summed E-state index contributed by atoms with van der Waals surface area (Å²) in [6.07, 6.45) is 0. The fraction of sp³-hybridized carbons (Fsp3) is 0.133. The van der Waals surface area contributed by atoms with Gasteiger partial charge in [0.1, 0.15) is 13.2 Å². The van der Waals surface area contributed by atoms with Crippen LogP contribution >= 0.6 is 22.9 Å². The van der Waals surface area contributed by atoms with Crippen LogP contribution < -0.4 is 14.8 Å². The molecule has 1 aliphatic rings. The molecule has 0 fully saturated rings. The molecular weight excluding hydrogens is 308 g/mol. The highest BCUT2D eigenvalue weighted by Crippen LogP contribution is 2.35. The highest BCUT2D eigenvalue weighted by Gasteiger charge is 2.12. The van der Waals surface area contributed by atoms with Crippen LogP contribution in [0.1, 0.15) is 0 Å². The van der Waals surface area contributed by atoms with E-state index >= 15 is 0 Å². The second kappa shape index (κ2) is 5.09. The summed E-state index contributed by atoms with van der Waals surface area (Å²) < 4.78 is 12.2. The van der Waals surface area contributed by atoms with Crippen LogP contribution in [0, 0.1) is 0 Å². The van der Waals surface area contributed by atoms with Crippen molar-refractivity contribution < 1.29 is 9.47 Å². The summed E-state index contributed by atoms with van der Waals surface area (Å²) in [7, 11) is 0. The molecule has 1 aliphatic heterocycles. The molecule has 3 aromatic rings. The fourth-order valence-electron chi connectivity index (χ4n) is 2.20. The third-order valence-corrected chi connectivity index (χ3v) is 4.33. The van der Waals surface area contributed by atoms with Crippen LogP contribution in [0.5, 0.6) is 11.5 Å². The van der Waals surface area contributed by atoms with E-state index in [2.05, 4.69) is 10.3 Å². The van der Waals surface area contributed by atoms with Gasteiger partial charge in [0.05, 0.1) is 10.2 Å². The van der Waals surface area contributed by atoms with E-state index < -0.39 is 0 Å². The van der Waals surface area contributed by atoms with Gasteiger partial charge in [-0.25, -0.2) is 4.98 Å². The number of rotatable bonds is 2. The molecule has 2 heterocycles. The topological polar surface area (TPSA) is 43.4 Å². The van der Waals surface area contributed by atoms with Gasteiger partial charge >= 0.3 is 0 Å². The minimum Gasteiger partial charge on any atom is -0.486 e. The monoisotopic (exact) mass is 318 g/mol. The Kier molecular flexibility index (Phi) is 3.09. The molecule has 1 aromatic heterocycles. The minimum absolute atomic E-state index is 0.579. The van der Waals surface area contributed by atoms with Crippen molar-refractivity contribution in [2.24, 2.45) is 0 Å². The van der Waals surface area contributed by atoms with E-state index in [1.807, 2.05) is 36.4 Å².